The number of amides is 2. The second-order valence-corrected chi connectivity index (χ2v) is 8.02. The molecular formula is C25H27FN6O2. The minimum atomic E-state index is -0.697. The number of anilines is 1. The third-order valence-corrected chi connectivity index (χ3v) is 5.83. The molecule has 1 aliphatic rings. The van der Waals surface area contributed by atoms with Gasteiger partial charge in [0.05, 0.1) is 18.3 Å². The number of halogens is 1. The molecule has 9 heteroatoms. The molecule has 0 spiro atoms. The summed E-state index contributed by atoms with van der Waals surface area (Å²) in [4.78, 5) is 37.5. The zero-order valence-electron chi connectivity index (χ0n) is 18.7. The Morgan fingerprint density at radius 3 is 2.35 bits per heavy atom. The van der Waals surface area contributed by atoms with Crippen molar-refractivity contribution >= 4 is 17.5 Å². The molecule has 2 N–H and O–H groups in total. The van der Waals surface area contributed by atoms with Crippen molar-refractivity contribution in [3.63, 3.8) is 0 Å². The molecular weight excluding hydrogens is 435 g/mol. The van der Waals surface area contributed by atoms with Gasteiger partial charge < -0.3 is 15.5 Å². The molecule has 1 saturated heterocycles. The highest BCUT2D eigenvalue weighted by Gasteiger charge is 2.26. The van der Waals surface area contributed by atoms with Gasteiger partial charge in [-0.15, -0.1) is 0 Å². The van der Waals surface area contributed by atoms with Crippen molar-refractivity contribution in [3.8, 4) is 0 Å². The number of nitrogens with zero attached hydrogens (tertiary/aromatic N) is 4. The Bertz CT molecular complexity index is 1070. The van der Waals surface area contributed by atoms with Crippen molar-refractivity contribution in [1.29, 1.82) is 0 Å². The van der Waals surface area contributed by atoms with Crippen molar-refractivity contribution in [2.24, 2.45) is 0 Å². The van der Waals surface area contributed by atoms with Crippen LogP contribution in [0.25, 0.3) is 0 Å². The van der Waals surface area contributed by atoms with E-state index in [0.29, 0.717) is 5.69 Å². The third kappa shape index (κ3) is 6.14. The summed E-state index contributed by atoms with van der Waals surface area (Å²) < 4.78 is 13.3. The maximum absolute atomic E-state index is 13.3. The van der Waals surface area contributed by atoms with E-state index >= 15 is 0 Å². The van der Waals surface area contributed by atoms with E-state index in [2.05, 4.69) is 30.4 Å². The van der Waals surface area contributed by atoms with Gasteiger partial charge in [-0.25, -0.2) is 4.39 Å². The van der Waals surface area contributed by atoms with E-state index in [0.717, 1.165) is 37.4 Å². The summed E-state index contributed by atoms with van der Waals surface area (Å²) in [5.41, 5.74) is 2.62. The second kappa shape index (κ2) is 11.3. The molecule has 3 heterocycles. The number of nitrogens with one attached hydrogen (secondary N) is 2. The number of hydrogen-bond donors (Lipinski definition) is 2. The number of aromatic nitrogens is 2. The molecule has 1 aliphatic heterocycles. The van der Waals surface area contributed by atoms with Gasteiger partial charge in [-0.05, 0) is 48.0 Å². The first-order valence-corrected chi connectivity index (χ1v) is 11.2. The lowest BCUT2D eigenvalue weighted by molar-refractivity contribution is -0.139. The summed E-state index contributed by atoms with van der Waals surface area (Å²) >= 11 is 0. The minimum absolute atomic E-state index is 0.128. The Morgan fingerprint density at radius 1 is 0.912 bits per heavy atom. The molecule has 4 rings (SSSR count). The van der Waals surface area contributed by atoms with E-state index in [1.807, 2.05) is 18.2 Å². The number of pyridine rings is 2. The molecule has 2 amide bonds. The normalized spacial score (nSPS) is 14.9. The molecule has 1 aromatic carbocycles. The number of hydrogen-bond acceptors (Lipinski definition) is 6. The zero-order valence-corrected chi connectivity index (χ0v) is 18.7. The van der Waals surface area contributed by atoms with E-state index in [1.165, 1.54) is 12.1 Å². The molecule has 176 valence electrons. The van der Waals surface area contributed by atoms with Crippen LogP contribution in [0, 0.1) is 5.82 Å². The molecule has 1 fully saturated rings. The van der Waals surface area contributed by atoms with E-state index in [9.17, 15) is 14.0 Å². The summed E-state index contributed by atoms with van der Waals surface area (Å²) in [7, 11) is 0. The van der Waals surface area contributed by atoms with Crippen LogP contribution in [-0.4, -0.2) is 59.4 Å². The molecule has 0 unspecified atom stereocenters. The van der Waals surface area contributed by atoms with Gasteiger partial charge in [0, 0.05) is 57.0 Å². The Hall–Kier alpha value is -3.85. The average Bonchev–Trinajstić information content (AvgIpc) is 2.89. The SMILES string of the molecule is O=C(NCc1ccccn1)C(=O)NC[C@@H](c1cccnc1)N1CCN(c2ccc(F)cc2)CC1. The van der Waals surface area contributed by atoms with Crippen LogP contribution in [0.5, 0.6) is 0 Å². The number of carbonyl (C=O) groups is 2. The fraction of sp³-hybridized carbons (Fsp3) is 0.280. The molecule has 0 radical (unpaired) electrons. The largest absolute Gasteiger partial charge is 0.369 e. The van der Waals surface area contributed by atoms with Crippen LogP contribution in [0.4, 0.5) is 10.1 Å². The van der Waals surface area contributed by atoms with Crippen LogP contribution >= 0.6 is 0 Å². The van der Waals surface area contributed by atoms with Crippen LogP contribution in [0.1, 0.15) is 17.3 Å². The van der Waals surface area contributed by atoms with Gasteiger partial charge in [-0.3, -0.25) is 24.5 Å². The molecule has 3 aromatic rings. The van der Waals surface area contributed by atoms with E-state index < -0.39 is 11.8 Å². The minimum Gasteiger partial charge on any atom is -0.369 e. The highest BCUT2D eigenvalue weighted by molar-refractivity contribution is 6.35. The van der Waals surface area contributed by atoms with Crippen molar-refractivity contribution in [3.05, 3.63) is 90.3 Å². The summed E-state index contributed by atoms with van der Waals surface area (Å²) in [5.74, 6) is -1.63. The van der Waals surface area contributed by atoms with Crippen LogP contribution in [0.3, 0.4) is 0 Å². The summed E-state index contributed by atoms with van der Waals surface area (Å²) in [6.45, 7) is 3.49. The average molecular weight is 463 g/mol. The van der Waals surface area contributed by atoms with E-state index in [1.54, 1.807) is 42.9 Å². The molecule has 0 bridgehead atoms. The van der Waals surface area contributed by atoms with Gasteiger partial charge in [0.1, 0.15) is 5.82 Å². The first-order valence-electron chi connectivity index (χ1n) is 11.2. The number of rotatable bonds is 7. The number of piperazine rings is 1. The third-order valence-electron chi connectivity index (χ3n) is 5.83. The Balaban J connectivity index is 1.35. The van der Waals surface area contributed by atoms with Crippen molar-refractivity contribution in [1.82, 2.24) is 25.5 Å². The monoisotopic (exact) mass is 462 g/mol. The highest BCUT2D eigenvalue weighted by Crippen LogP contribution is 2.23. The van der Waals surface area contributed by atoms with Gasteiger partial charge >= 0.3 is 11.8 Å². The van der Waals surface area contributed by atoms with E-state index in [4.69, 9.17) is 0 Å². The van der Waals surface area contributed by atoms with Gasteiger partial charge in [-0.2, -0.15) is 0 Å². The van der Waals surface area contributed by atoms with Gasteiger partial charge in [-0.1, -0.05) is 12.1 Å². The smallest absolute Gasteiger partial charge is 0.309 e. The lowest BCUT2D eigenvalue weighted by Crippen LogP contribution is -2.50. The maximum atomic E-state index is 13.3. The molecule has 0 aliphatic carbocycles. The summed E-state index contributed by atoms with van der Waals surface area (Å²) in [5, 5.41) is 5.36. The standard InChI is InChI=1S/C25H27FN6O2/c26-20-6-8-22(9-7-20)31-12-14-32(15-13-31)23(19-4-3-10-27-16-19)18-30-25(34)24(33)29-17-21-5-1-2-11-28-21/h1-11,16,23H,12-15,17-18H2,(H,29,33)(H,30,34)/t23-/m0/s1. The van der Waals surface area contributed by atoms with Crippen molar-refractivity contribution in [2.75, 3.05) is 37.6 Å². The van der Waals surface area contributed by atoms with Gasteiger partial charge in [0.25, 0.3) is 0 Å². The topological polar surface area (TPSA) is 90.5 Å². The van der Waals surface area contributed by atoms with Crippen molar-refractivity contribution < 1.29 is 14.0 Å². The lowest BCUT2D eigenvalue weighted by atomic mass is 10.1. The van der Waals surface area contributed by atoms with Crippen molar-refractivity contribution in [2.45, 2.75) is 12.6 Å². The quantitative estimate of drug-likeness (QED) is 0.522. The van der Waals surface area contributed by atoms with Gasteiger partial charge in [0.15, 0.2) is 0 Å². The summed E-state index contributed by atoms with van der Waals surface area (Å²) in [6, 6.07) is 15.6. The first-order chi connectivity index (χ1) is 16.6. The molecule has 2 aromatic heterocycles. The molecule has 8 nitrogen and oxygen atoms in total. The Labute approximate surface area is 197 Å². The Kier molecular flexibility index (Phi) is 7.77. The second-order valence-electron chi connectivity index (χ2n) is 8.02. The fourth-order valence-corrected chi connectivity index (χ4v) is 4.00. The predicted molar refractivity (Wildman–Crippen MR) is 126 cm³/mol. The maximum Gasteiger partial charge on any atom is 0.309 e. The Morgan fingerprint density at radius 2 is 1.68 bits per heavy atom. The van der Waals surface area contributed by atoms with E-state index in [-0.39, 0.29) is 24.9 Å². The van der Waals surface area contributed by atoms with Crippen LogP contribution < -0.4 is 15.5 Å². The van der Waals surface area contributed by atoms with Crippen LogP contribution in [-0.2, 0) is 16.1 Å². The fourth-order valence-electron chi connectivity index (χ4n) is 4.00. The summed E-state index contributed by atoms with van der Waals surface area (Å²) in [6.07, 6.45) is 5.12. The molecule has 1 atom stereocenters. The highest BCUT2D eigenvalue weighted by atomic mass is 19.1. The molecule has 0 saturated carbocycles. The number of benzene rings is 1. The van der Waals surface area contributed by atoms with Crippen LogP contribution in [0.2, 0.25) is 0 Å². The zero-order chi connectivity index (χ0) is 23.8. The molecule has 34 heavy (non-hydrogen) atoms. The first kappa shape index (κ1) is 23.3. The lowest BCUT2D eigenvalue weighted by Gasteiger charge is -2.40. The van der Waals surface area contributed by atoms with Gasteiger partial charge in [0.2, 0.25) is 0 Å². The predicted octanol–water partition coefficient (Wildman–Crippen LogP) is 1.91. The number of carbonyl (C=O) groups excluding carboxylic acids is 2. The van der Waals surface area contributed by atoms with Crippen LogP contribution in [0.15, 0.2) is 73.2 Å².